The van der Waals surface area contributed by atoms with Crippen molar-refractivity contribution in [3.05, 3.63) is 83.5 Å². The van der Waals surface area contributed by atoms with Crippen molar-refractivity contribution >= 4 is 40.6 Å². The Kier molecular flexibility index (Phi) is 6.24. The molecule has 7 heteroatoms. The van der Waals surface area contributed by atoms with Gasteiger partial charge in [0.05, 0.1) is 6.20 Å². The highest BCUT2D eigenvalue weighted by atomic mass is 35.5. The number of hydrogen-bond acceptors (Lipinski definition) is 5. The van der Waals surface area contributed by atoms with Crippen LogP contribution in [-0.4, -0.2) is 15.9 Å². The van der Waals surface area contributed by atoms with Crippen molar-refractivity contribution < 1.29 is 4.79 Å². The van der Waals surface area contributed by atoms with E-state index in [-0.39, 0.29) is 5.91 Å². The number of rotatable bonds is 7. The largest absolute Gasteiger partial charge is 0.365 e. The van der Waals surface area contributed by atoms with Crippen LogP contribution in [0.4, 0.5) is 23.1 Å². The van der Waals surface area contributed by atoms with Gasteiger partial charge in [-0.3, -0.25) is 4.79 Å². The Bertz CT molecular complexity index is 988. The number of benzene rings is 2. The molecule has 1 aromatic heterocycles. The summed E-state index contributed by atoms with van der Waals surface area (Å²) >= 11 is 6.22. The molecule has 28 heavy (non-hydrogen) atoms. The molecule has 3 aromatic rings. The number of nitrogens with zero attached hydrogens (tertiary/aromatic N) is 2. The van der Waals surface area contributed by atoms with E-state index in [1.54, 1.807) is 6.20 Å². The van der Waals surface area contributed by atoms with Gasteiger partial charge in [-0.1, -0.05) is 48.0 Å². The number of nitrogens with one attached hydrogen (secondary N) is 3. The van der Waals surface area contributed by atoms with Gasteiger partial charge in [-0.2, -0.15) is 4.98 Å². The van der Waals surface area contributed by atoms with Crippen molar-refractivity contribution in [2.75, 3.05) is 16.0 Å². The molecule has 0 aliphatic carbocycles. The molecule has 0 aliphatic heterocycles. The van der Waals surface area contributed by atoms with E-state index in [0.29, 0.717) is 29.0 Å². The number of aryl methyl sites for hydroxylation is 1. The first kappa shape index (κ1) is 19.4. The highest BCUT2D eigenvalue weighted by Crippen LogP contribution is 2.22. The lowest BCUT2D eigenvalue weighted by atomic mass is 10.2. The Balaban J connectivity index is 1.68. The Morgan fingerprint density at radius 1 is 1.18 bits per heavy atom. The van der Waals surface area contributed by atoms with Gasteiger partial charge in [0.1, 0.15) is 5.02 Å². The monoisotopic (exact) mass is 393 g/mol. The predicted molar refractivity (Wildman–Crippen MR) is 114 cm³/mol. The standard InChI is InChI=1S/C21H20ClN5O/c1-3-19(28)25-17-6-4-5-15(11-17)12-23-20-18(22)13-24-21(27-20)26-16-9-7-14(2)8-10-16/h3-11,13H,1,12H2,2H3,(H,25,28)(H2,23,24,26,27). The molecule has 0 spiro atoms. The van der Waals surface area contributed by atoms with E-state index in [0.717, 1.165) is 11.3 Å². The normalized spacial score (nSPS) is 10.2. The first-order chi connectivity index (χ1) is 13.5. The summed E-state index contributed by atoms with van der Waals surface area (Å²) in [6.07, 6.45) is 2.78. The van der Waals surface area contributed by atoms with Crippen molar-refractivity contribution in [2.24, 2.45) is 0 Å². The second kappa shape index (κ2) is 9.01. The summed E-state index contributed by atoms with van der Waals surface area (Å²) in [7, 11) is 0. The third-order valence-corrected chi connectivity index (χ3v) is 4.17. The Morgan fingerprint density at radius 2 is 1.96 bits per heavy atom. The van der Waals surface area contributed by atoms with E-state index in [1.807, 2.05) is 55.5 Å². The molecule has 142 valence electrons. The van der Waals surface area contributed by atoms with Gasteiger partial charge < -0.3 is 16.0 Å². The van der Waals surface area contributed by atoms with E-state index in [4.69, 9.17) is 11.6 Å². The zero-order chi connectivity index (χ0) is 19.9. The first-order valence-electron chi connectivity index (χ1n) is 8.66. The van der Waals surface area contributed by atoms with Crippen molar-refractivity contribution in [3.8, 4) is 0 Å². The maximum Gasteiger partial charge on any atom is 0.247 e. The summed E-state index contributed by atoms with van der Waals surface area (Å²) in [6, 6.07) is 15.4. The molecule has 0 unspecified atom stereocenters. The molecule has 2 aromatic carbocycles. The van der Waals surface area contributed by atoms with E-state index in [2.05, 4.69) is 32.5 Å². The lowest BCUT2D eigenvalue weighted by Crippen LogP contribution is -2.08. The fourth-order valence-corrected chi connectivity index (χ4v) is 2.61. The summed E-state index contributed by atoms with van der Waals surface area (Å²) < 4.78 is 0. The summed E-state index contributed by atoms with van der Waals surface area (Å²) in [6.45, 7) is 5.96. The van der Waals surface area contributed by atoms with E-state index >= 15 is 0 Å². The Hall–Kier alpha value is -3.38. The highest BCUT2D eigenvalue weighted by Gasteiger charge is 2.07. The van der Waals surface area contributed by atoms with E-state index in [1.165, 1.54) is 11.6 Å². The zero-order valence-corrected chi connectivity index (χ0v) is 16.1. The number of amides is 1. The van der Waals surface area contributed by atoms with Crippen molar-refractivity contribution in [3.63, 3.8) is 0 Å². The first-order valence-corrected chi connectivity index (χ1v) is 9.04. The molecule has 0 saturated heterocycles. The molecule has 0 aliphatic rings. The maximum absolute atomic E-state index is 11.4. The van der Waals surface area contributed by atoms with E-state index < -0.39 is 0 Å². The second-order valence-electron chi connectivity index (χ2n) is 6.13. The van der Waals surface area contributed by atoms with Crippen LogP contribution in [0.25, 0.3) is 0 Å². The molecule has 6 nitrogen and oxygen atoms in total. The van der Waals surface area contributed by atoms with Crippen LogP contribution in [-0.2, 0) is 11.3 Å². The molecule has 1 heterocycles. The van der Waals surface area contributed by atoms with Crippen LogP contribution in [0.3, 0.4) is 0 Å². The van der Waals surface area contributed by atoms with Gasteiger partial charge in [-0.15, -0.1) is 0 Å². The quantitative estimate of drug-likeness (QED) is 0.496. The zero-order valence-electron chi connectivity index (χ0n) is 15.4. The molecular weight excluding hydrogens is 374 g/mol. The maximum atomic E-state index is 11.4. The number of carbonyl (C=O) groups is 1. The van der Waals surface area contributed by atoms with Crippen LogP contribution in [0.5, 0.6) is 0 Å². The van der Waals surface area contributed by atoms with Gasteiger partial charge >= 0.3 is 0 Å². The number of aromatic nitrogens is 2. The average Bonchev–Trinajstić information content (AvgIpc) is 2.70. The minimum atomic E-state index is -0.254. The predicted octanol–water partition coefficient (Wildman–Crippen LogP) is 4.92. The molecule has 0 radical (unpaired) electrons. The van der Waals surface area contributed by atoms with Crippen LogP contribution in [0.2, 0.25) is 5.02 Å². The minimum absolute atomic E-state index is 0.254. The summed E-state index contributed by atoms with van der Waals surface area (Å²) in [5.41, 5.74) is 3.73. The van der Waals surface area contributed by atoms with Crippen LogP contribution in [0.15, 0.2) is 67.4 Å². The van der Waals surface area contributed by atoms with Gasteiger partial charge in [0.15, 0.2) is 5.82 Å². The summed E-state index contributed by atoms with van der Waals surface area (Å²) in [4.78, 5) is 20.1. The average molecular weight is 394 g/mol. The lowest BCUT2D eigenvalue weighted by Gasteiger charge is -2.11. The van der Waals surface area contributed by atoms with Gasteiger partial charge in [-0.05, 0) is 42.8 Å². The molecule has 0 fully saturated rings. The van der Waals surface area contributed by atoms with Crippen LogP contribution in [0, 0.1) is 6.92 Å². The Morgan fingerprint density at radius 3 is 2.71 bits per heavy atom. The van der Waals surface area contributed by atoms with Crippen molar-refractivity contribution in [1.29, 1.82) is 0 Å². The Labute approximate surface area is 168 Å². The van der Waals surface area contributed by atoms with Crippen molar-refractivity contribution in [1.82, 2.24) is 9.97 Å². The van der Waals surface area contributed by atoms with Gasteiger partial charge in [0, 0.05) is 17.9 Å². The number of anilines is 4. The molecule has 0 saturated carbocycles. The van der Waals surface area contributed by atoms with Gasteiger partial charge in [0.2, 0.25) is 11.9 Å². The van der Waals surface area contributed by atoms with E-state index in [9.17, 15) is 4.79 Å². The van der Waals surface area contributed by atoms with Gasteiger partial charge in [0.25, 0.3) is 0 Å². The van der Waals surface area contributed by atoms with Crippen LogP contribution >= 0.6 is 11.6 Å². The fourth-order valence-electron chi connectivity index (χ4n) is 2.46. The SMILES string of the molecule is C=CC(=O)Nc1cccc(CNc2nc(Nc3ccc(C)cc3)ncc2Cl)c1. The highest BCUT2D eigenvalue weighted by molar-refractivity contribution is 6.32. The molecule has 0 atom stereocenters. The fraction of sp³-hybridized carbons (Fsp3) is 0.0952. The summed E-state index contributed by atoms with van der Waals surface area (Å²) in [5, 5.41) is 9.52. The number of hydrogen-bond donors (Lipinski definition) is 3. The van der Waals surface area contributed by atoms with Crippen LogP contribution in [0.1, 0.15) is 11.1 Å². The second-order valence-corrected chi connectivity index (χ2v) is 6.54. The molecule has 1 amide bonds. The van der Waals surface area contributed by atoms with Crippen molar-refractivity contribution in [2.45, 2.75) is 13.5 Å². The molecule has 3 rings (SSSR count). The lowest BCUT2D eigenvalue weighted by molar-refractivity contribution is -0.111. The van der Waals surface area contributed by atoms with Gasteiger partial charge in [-0.25, -0.2) is 4.98 Å². The minimum Gasteiger partial charge on any atom is -0.365 e. The molecule has 0 bridgehead atoms. The summed E-state index contributed by atoms with van der Waals surface area (Å²) in [5.74, 6) is 0.713. The third-order valence-electron chi connectivity index (χ3n) is 3.89. The number of halogens is 1. The topological polar surface area (TPSA) is 78.9 Å². The molecule has 3 N–H and O–H groups in total. The smallest absolute Gasteiger partial charge is 0.247 e. The number of carbonyl (C=O) groups excluding carboxylic acids is 1. The molecular formula is C21H20ClN5O. The van der Waals surface area contributed by atoms with Crippen LogP contribution < -0.4 is 16.0 Å². The third kappa shape index (κ3) is 5.31.